The molecule has 1 saturated heterocycles. The van der Waals surface area contributed by atoms with E-state index < -0.39 is 0 Å². The smallest absolute Gasteiger partial charge is 0.251 e. The summed E-state index contributed by atoms with van der Waals surface area (Å²) in [6.07, 6.45) is 16.9. The Morgan fingerprint density at radius 2 is 1.73 bits per heavy atom. The molecule has 0 radical (unpaired) electrons. The van der Waals surface area contributed by atoms with Crippen molar-refractivity contribution in [3.05, 3.63) is 87.4 Å². The fraction of sp³-hybridized carbons (Fsp3) is 0.500. The van der Waals surface area contributed by atoms with Gasteiger partial charge < -0.3 is 15.2 Å². The Morgan fingerprint density at radius 1 is 0.975 bits per heavy atom. The Balaban J connectivity index is 1.47. The SMILES string of the molecule is O=C(NCc1ccc(Cl)c(Cl)c1)c1cc(Cn2ccnc2)cc(C2C(Cl)CNCC23CCCCCCCCC3)c1. The lowest BCUT2D eigenvalue weighted by molar-refractivity contribution is 0.0950. The zero-order valence-electron chi connectivity index (χ0n) is 23.0. The number of nitrogens with zero attached hydrogens (tertiary/aromatic N) is 2. The van der Waals surface area contributed by atoms with E-state index in [-0.39, 0.29) is 22.6 Å². The first-order valence-corrected chi connectivity index (χ1v) is 15.8. The lowest BCUT2D eigenvalue weighted by Crippen LogP contribution is -2.51. The third kappa shape index (κ3) is 7.23. The Morgan fingerprint density at radius 3 is 2.42 bits per heavy atom. The number of hydrogen-bond acceptors (Lipinski definition) is 3. The minimum atomic E-state index is -0.111. The molecule has 1 aromatic heterocycles. The number of halogens is 3. The van der Waals surface area contributed by atoms with E-state index in [0.29, 0.717) is 28.7 Å². The number of hydrogen-bond donors (Lipinski definition) is 2. The van der Waals surface area contributed by atoms with Crippen molar-refractivity contribution in [1.29, 1.82) is 0 Å². The van der Waals surface area contributed by atoms with Gasteiger partial charge in [-0.05, 0) is 59.2 Å². The highest BCUT2D eigenvalue weighted by Crippen LogP contribution is 2.50. The monoisotopic (exact) mass is 600 g/mol. The molecule has 8 heteroatoms. The number of rotatable bonds is 6. The first-order chi connectivity index (χ1) is 19.4. The molecule has 214 valence electrons. The second-order valence-corrected chi connectivity index (χ2v) is 13.0. The molecular weight excluding hydrogens is 563 g/mol. The lowest BCUT2D eigenvalue weighted by Gasteiger charge is -2.48. The molecule has 2 aliphatic rings. The van der Waals surface area contributed by atoms with Gasteiger partial charge in [0.2, 0.25) is 0 Å². The van der Waals surface area contributed by atoms with Crippen molar-refractivity contribution < 1.29 is 4.79 Å². The van der Waals surface area contributed by atoms with Crippen LogP contribution in [0.15, 0.2) is 55.1 Å². The molecule has 3 aromatic rings. The molecule has 1 aliphatic heterocycles. The number of carbonyl (C=O) groups excluding carboxylic acids is 1. The number of nitrogens with one attached hydrogen (secondary N) is 2. The summed E-state index contributed by atoms with van der Waals surface area (Å²) in [5.41, 5.74) is 3.90. The van der Waals surface area contributed by atoms with Crippen molar-refractivity contribution in [3.63, 3.8) is 0 Å². The normalized spacial score (nSPS) is 21.7. The van der Waals surface area contributed by atoms with Crippen LogP contribution < -0.4 is 10.6 Å². The zero-order valence-corrected chi connectivity index (χ0v) is 25.2. The average Bonchev–Trinajstić information content (AvgIpc) is 3.46. The third-order valence-corrected chi connectivity index (χ3v) is 9.83. The van der Waals surface area contributed by atoms with Gasteiger partial charge in [0.25, 0.3) is 5.91 Å². The predicted molar refractivity (Wildman–Crippen MR) is 165 cm³/mol. The molecule has 2 fully saturated rings. The third-order valence-electron chi connectivity index (χ3n) is 8.69. The molecule has 2 atom stereocenters. The molecule has 5 nitrogen and oxygen atoms in total. The first kappa shape index (κ1) is 29.4. The molecule has 1 amide bonds. The quantitative estimate of drug-likeness (QED) is 0.282. The van der Waals surface area contributed by atoms with Gasteiger partial charge in [-0.3, -0.25) is 4.79 Å². The average molecular weight is 602 g/mol. The van der Waals surface area contributed by atoms with Crippen molar-refractivity contribution in [1.82, 2.24) is 20.2 Å². The second kappa shape index (κ2) is 13.7. The van der Waals surface area contributed by atoms with Crippen molar-refractivity contribution in [2.75, 3.05) is 13.1 Å². The van der Waals surface area contributed by atoms with Gasteiger partial charge >= 0.3 is 0 Å². The highest BCUT2D eigenvalue weighted by Gasteiger charge is 2.45. The Bertz CT molecular complexity index is 1270. The summed E-state index contributed by atoms with van der Waals surface area (Å²) in [5, 5.41) is 7.70. The predicted octanol–water partition coefficient (Wildman–Crippen LogP) is 7.97. The molecule has 2 unspecified atom stereocenters. The molecular formula is C32H39Cl3N4O. The fourth-order valence-corrected chi connectivity index (χ4v) is 7.57. The van der Waals surface area contributed by atoms with Crippen LogP contribution in [0.1, 0.15) is 90.8 Å². The summed E-state index contributed by atoms with van der Waals surface area (Å²) in [6.45, 7) is 2.77. The number of carbonyl (C=O) groups is 1. The molecule has 0 bridgehead atoms. The molecule has 1 saturated carbocycles. The molecule has 1 aliphatic carbocycles. The Kier molecular flexibility index (Phi) is 10.1. The number of piperidine rings is 1. The van der Waals surface area contributed by atoms with Gasteiger partial charge in [-0.2, -0.15) is 0 Å². The van der Waals surface area contributed by atoms with Gasteiger partial charge in [0.1, 0.15) is 0 Å². The van der Waals surface area contributed by atoms with Crippen molar-refractivity contribution in [2.24, 2.45) is 5.41 Å². The highest BCUT2D eigenvalue weighted by atomic mass is 35.5. The summed E-state index contributed by atoms with van der Waals surface area (Å²) < 4.78 is 2.04. The number of imidazole rings is 1. The van der Waals surface area contributed by atoms with Gasteiger partial charge in [-0.15, -0.1) is 11.6 Å². The minimum Gasteiger partial charge on any atom is -0.348 e. The molecule has 1 spiro atoms. The van der Waals surface area contributed by atoms with Crippen LogP contribution in [0.3, 0.4) is 0 Å². The fourth-order valence-electron chi connectivity index (χ4n) is 6.73. The molecule has 2 N–H and O–H groups in total. The van der Waals surface area contributed by atoms with Crippen molar-refractivity contribution in [3.8, 4) is 0 Å². The van der Waals surface area contributed by atoms with Gasteiger partial charge in [0.15, 0.2) is 0 Å². The summed E-state index contributed by atoms with van der Waals surface area (Å²) >= 11 is 19.5. The highest BCUT2D eigenvalue weighted by molar-refractivity contribution is 6.42. The van der Waals surface area contributed by atoms with Crippen LogP contribution in [-0.2, 0) is 13.1 Å². The maximum atomic E-state index is 13.6. The van der Waals surface area contributed by atoms with Crippen LogP contribution in [0.5, 0.6) is 0 Å². The Hall–Kier alpha value is -2.05. The van der Waals surface area contributed by atoms with E-state index in [0.717, 1.165) is 24.2 Å². The van der Waals surface area contributed by atoms with E-state index in [1.165, 1.54) is 63.4 Å². The number of benzene rings is 2. The summed E-state index contributed by atoms with van der Waals surface area (Å²) in [5.74, 6) is 0.0686. The number of alkyl halides is 1. The van der Waals surface area contributed by atoms with Gasteiger partial charge in [0, 0.05) is 50.1 Å². The summed E-state index contributed by atoms with van der Waals surface area (Å²) in [4.78, 5) is 17.8. The van der Waals surface area contributed by atoms with Crippen LogP contribution in [0, 0.1) is 5.41 Å². The van der Waals surface area contributed by atoms with Gasteiger partial charge in [0.05, 0.1) is 21.7 Å². The maximum absolute atomic E-state index is 13.6. The van der Waals surface area contributed by atoms with Crippen LogP contribution in [0.2, 0.25) is 10.0 Å². The van der Waals surface area contributed by atoms with Gasteiger partial charge in [-0.25, -0.2) is 4.98 Å². The van der Waals surface area contributed by atoms with E-state index in [9.17, 15) is 4.79 Å². The maximum Gasteiger partial charge on any atom is 0.251 e. The molecule has 2 heterocycles. The summed E-state index contributed by atoms with van der Waals surface area (Å²) in [6, 6.07) is 11.8. The van der Waals surface area contributed by atoms with Crippen molar-refractivity contribution >= 4 is 40.7 Å². The number of aromatic nitrogens is 2. The lowest BCUT2D eigenvalue weighted by atomic mass is 9.62. The number of amides is 1. The van der Waals surface area contributed by atoms with Crippen LogP contribution in [0.25, 0.3) is 0 Å². The van der Waals surface area contributed by atoms with Crippen molar-refractivity contribution in [2.45, 2.75) is 82.2 Å². The van der Waals surface area contributed by atoms with E-state index in [1.807, 2.05) is 29.2 Å². The standard InChI is InChI=1S/C32H39Cl3N4O/c33-27-9-8-23(16-28(27)34)18-38-31(40)26-15-24(20-39-13-12-36-22-39)14-25(17-26)30-29(35)19-37-21-32(30)10-6-4-2-1-3-5-7-11-32/h8-9,12-17,22,29-30,37H,1-7,10-11,18-21H2,(H,38,40). The van der Waals surface area contributed by atoms with Crippen LogP contribution in [0.4, 0.5) is 0 Å². The minimum absolute atomic E-state index is 0.0349. The van der Waals surface area contributed by atoms with Crippen LogP contribution >= 0.6 is 34.8 Å². The molecule has 2 aromatic carbocycles. The van der Waals surface area contributed by atoms with Crippen LogP contribution in [-0.4, -0.2) is 33.9 Å². The van der Waals surface area contributed by atoms with E-state index >= 15 is 0 Å². The van der Waals surface area contributed by atoms with E-state index in [1.54, 1.807) is 18.3 Å². The Labute approximate surface area is 253 Å². The largest absolute Gasteiger partial charge is 0.348 e. The first-order valence-electron chi connectivity index (χ1n) is 14.6. The van der Waals surface area contributed by atoms with E-state index in [2.05, 4.69) is 27.8 Å². The molecule has 40 heavy (non-hydrogen) atoms. The van der Waals surface area contributed by atoms with Gasteiger partial charge in [-0.1, -0.05) is 80.3 Å². The van der Waals surface area contributed by atoms with E-state index in [4.69, 9.17) is 34.8 Å². The topological polar surface area (TPSA) is 59.0 Å². The zero-order chi connectivity index (χ0) is 28.0. The second-order valence-electron chi connectivity index (χ2n) is 11.6. The molecule has 5 rings (SSSR count). The summed E-state index contributed by atoms with van der Waals surface area (Å²) in [7, 11) is 0.